The minimum Gasteiger partial charge on any atom is -0.353 e. The van der Waals surface area contributed by atoms with Crippen LogP contribution in [0, 0.1) is 11.7 Å². The van der Waals surface area contributed by atoms with Crippen molar-refractivity contribution in [3.8, 4) is 0 Å². The number of carbonyl (C=O) groups is 1. The van der Waals surface area contributed by atoms with Crippen molar-refractivity contribution < 1.29 is 9.18 Å². The number of halogens is 2. The molecule has 2 aromatic rings. The second kappa shape index (κ2) is 10.6. The summed E-state index contributed by atoms with van der Waals surface area (Å²) in [7, 11) is 0. The van der Waals surface area contributed by atoms with Gasteiger partial charge < -0.3 is 9.88 Å². The Morgan fingerprint density at radius 1 is 1.41 bits per heavy atom. The first-order chi connectivity index (χ1) is 12.9. The van der Waals surface area contributed by atoms with Crippen LogP contribution in [0.15, 0.2) is 33.9 Å². The number of nitrogens with one attached hydrogen (secondary N) is 1. The van der Waals surface area contributed by atoms with Gasteiger partial charge in [-0.1, -0.05) is 41.5 Å². The predicted molar refractivity (Wildman–Crippen MR) is 111 cm³/mol. The molecule has 0 aliphatic rings. The molecule has 1 aromatic heterocycles. The molecule has 0 aliphatic heterocycles. The summed E-state index contributed by atoms with van der Waals surface area (Å²) in [4.78, 5) is 11.9. The molecule has 2 rings (SSSR count). The molecule has 146 valence electrons. The maximum atomic E-state index is 13.7. The number of amides is 1. The predicted octanol–water partition coefficient (Wildman–Crippen LogP) is 4.32. The molecule has 5 nitrogen and oxygen atoms in total. The van der Waals surface area contributed by atoms with Crippen LogP contribution < -0.4 is 5.32 Å². The number of benzene rings is 1. The van der Waals surface area contributed by atoms with Crippen molar-refractivity contribution in [3.05, 3.63) is 46.0 Å². The third-order valence-corrected chi connectivity index (χ3v) is 4.93. The highest BCUT2D eigenvalue weighted by Crippen LogP contribution is 2.17. The topological polar surface area (TPSA) is 59.8 Å². The molecule has 8 heteroatoms. The summed E-state index contributed by atoms with van der Waals surface area (Å²) in [5.74, 6) is 0.835. The van der Waals surface area contributed by atoms with Gasteiger partial charge in [-0.05, 0) is 42.9 Å². The van der Waals surface area contributed by atoms with Crippen LogP contribution in [0.2, 0.25) is 0 Å². The van der Waals surface area contributed by atoms with Gasteiger partial charge in [-0.15, -0.1) is 10.2 Å². The summed E-state index contributed by atoms with van der Waals surface area (Å²) >= 11 is 4.87. The zero-order chi connectivity index (χ0) is 19.8. The lowest BCUT2D eigenvalue weighted by atomic mass is 10.2. The molecule has 0 atom stereocenters. The smallest absolute Gasteiger partial charge is 0.244 e. The first-order valence-electron chi connectivity index (χ1n) is 8.77. The van der Waals surface area contributed by atoms with Crippen LogP contribution in [0.3, 0.4) is 0 Å². The van der Waals surface area contributed by atoms with Crippen molar-refractivity contribution in [3.63, 3.8) is 0 Å². The number of aryl methyl sites for hydroxylation is 1. The second-order valence-corrected chi connectivity index (χ2v) is 8.19. The highest BCUT2D eigenvalue weighted by atomic mass is 79.9. The lowest BCUT2D eigenvalue weighted by Gasteiger charge is -2.11. The van der Waals surface area contributed by atoms with E-state index in [1.165, 1.54) is 18.2 Å². The van der Waals surface area contributed by atoms with Crippen LogP contribution in [0.5, 0.6) is 0 Å². The number of aromatic nitrogens is 3. The normalized spacial score (nSPS) is 11.5. The van der Waals surface area contributed by atoms with Gasteiger partial charge in [0.05, 0.1) is 0 Å². The first-order valence-corrected chi connectivity index (χ1v) is 10.8. The summed E-state index contributed by atoms with van der Waals surface area (Å²) in [6.07, 6.45) is 6.31. The number of rotatable bonds is 9. The Labute approximate surface area is 172 Å². The van der Waals surface area contributed by atoms with Crippen molar-refractivity contribution >= 4 is 39.7 Å². The number of hydrogen-bond acceptors (Lipinski definition) is 4. The van der Waals surface area contributed by atoms with Crippen LogP contribution >= 0.6 is 27.7 Å². The average Bonchev–Trinajstić information content (AvgIpc) is 3.00. The maximum Gasteiger partial charge on any atom is 0.244 e. The van der Waals surface area contributed by atoms with Gasteiger partial charge in [-0.2, -0.15) is 0 Å². The van der Waals surface area contributed by atoms with Crippen molar-refractivity contribution in [2.24, 2.45) is 5.92 Å². The molecular formula is C19H24BrFN4OS. The highest BCUT2D eigenvalue weighted by molar-refractivity contribution is 9.10. The molecule has 1 aromatic carbocycles. The van der Waals surface area contributed by atoms with Gasteiger partial charge >= 0.3 is 0 Å². The fourth-order valence-electron chi connectivity index (χ4n) is 2.53. The number of carbonyl (C=O) groups excluding carboxylic acids is 1. The van der Waals surface area contributed by atoms with Crippen LogP contribution in [0.25, 0.3) is 6.08 Å². The van der Waals surface area contributed by atoms with Gasteiger partial charge in [0, 0.05) is 35.6 Å². The third-order valence-electron chi connectivity index (χ3n) is 3.77. The Hall–Kier alpha value is -1.67. The molecule has 0 unspecified atom stereocenters. The van der Waals surface area contributed by atoms with Crippen LogP contribution in [-0.4, -0.2) is 33.5 Å². The molecule has 0 saturated carbocycles. The lowest BCUT2D eigenvalue weighted by molar-refractivity contribution is -0.116. The van der Waals surface area contributed by atoms with E-state index in [4.69, 9.17) is 0 Å². The van der Waals surface area contributed by atoms with Gasteiger partial charge in [0.1, 0.15) is 11.6 Å². The minimum atomic E-state index is -0.365. The Morgan fingerprint density at radius 3 is 2.89 bits per heavy atom. The zero-order valence-corrected chi connectivity index (χ0v) is 18.1. The maximum absolute atomic E-state index is 13.7. The third kappa shape index (κ3) is 6.77. The molecule has 1 N–H and O–H groups in total. The van der Waals surface area contributed by atoms with Gasteiger partial charge in [0.25, 0.3) is 0 Å². The number of hydrogen-bond donors (Lipinski definition) is 1. The van der Waals surface area contributed by atoms with E-state index in [2.05, 4.69) is 49.9 Å². The summed E-state index contributed by atoms with van der Waals surface area (Å²) in [5.41, 5.74) is 0.367. The molecule has 0 bridgehead atoms. The average molecular weight is 455 g/mol. The summed E-state index contributed by atoms with van der Waals surface area (Å²) in [6.45, 7) is 5.72. The quantitative estimate of drug-likeness (QED) is 0.348. The molecule has 27 heavy (non-hydrogen) atoms. The van der Waals surface area contributed by atoms with Gasteiger partial charge in [0.15, 0.2) is 5.16 Å². The molecule has 0 aliphatic carbocycles. The molecule has 0 saturated heterocycles. The second-order valence-electron chi connectivity index (χ2n) is 6.50. The van der Waals surface area contributed by atoms with E-state index in [-0.39, 0.29) is 11.7 Å². The van der Waals surface area contributed by atoms with Crippen molar-refractivity contribution in [2.45, 2.75) is 38.4 Å². The van der Waals surface area contributed by atoms with E-state index in [1.54, 1.807) is 23.9 Å². The SMILES string of the molecule is CSc1nnc(CCCNC(=O)/C=C/c2cc(Br)ccc2F)n1CC(C)C. The molecule has 0 radical (unpaired) electrons. The monoisotopic (exact) mass is 454 g/mol. The van der Waals surface area contributed by atoms with Crippen molar-refractivity contribution in [2.75, 3.05) is 12.8 Å². The van der Waals surface area contributed by atoms with E-state index in [0.717, 1.165) is 34.8 Å². The van der Waals surface area contributed by atoms with Crippen LogP contribution in [-0.2, 0) is 17.8 Å². The first kappa shape index (κ1) is 21.6. The van der Waals surface area contributed by atoms with E-state index >= 15 is 0 Å². The van der Waals surface area contributed by atoms with Crippen molar-refractivity contribution in [1.82, 2.24) is 20.1 Å². The van der Waals surface area contributed by atoms with E-state index in [1.807, 2.05) is 6.26 Å². The van der Waals surface area contributed by atoms with E-state index in [9.17, 15) is 9.18 Å². The van der Waals surface area contributed by atoms with E-state index < -0.39 is 0 Å². The minimum absolute atomic E-state index is 0.247. The fraction of sp³-hybridized carbons (Fsp3) is 0.421. The molecular weight excluding hydrogens is 431 g/mol. The van der Waals surface area contributed by atoms with E-state index in [0.29, 0.717) is 18.0 Å². The zero-order valence-electron chi connectivity index (χ0n) is 15.7. The molecule has 0 fully saturated rings. The van der Waals surface area contributed by atoms with Crippen molar-refractivity contribution in [1.29, 1.82) is 0 Å². The molecule has 1 amide bonds. The van der Waals surface area contributed by atoms with Gasteiger partial charge in [-0.3, -0.25) is 4.79 Å². The summed E-state index contributed by atoms with van der Waals surface area (Å²) in [6, 6.07) is 4.61. The Kier molecular flexibility index (Phi) is 8.50. The molecule has 0 spiro atoms. The van der Waals surface area contributed by atoms with Gasteiger partial charge in [-0.25, -0.2) is 4.39 Å². The summed E-state index contributed by atoms with van der Waals surface area (Å²) < 4.78 is 16.6. The fourth-order valence-corrected chi connectivity index (χ4v) is 3.43. The standard InChI is InChI=1S/C19H24BrFN4OS/c1-13(2)12-25-17(23-24-19(25)27-3)5-4-10-22-18(26)9-6-14-11-15(20)7-8-16(14)21/h6-9,11,13H,4-5,10,12H2,1-3H3,(H,22,26)/b9-6+. The Bertz CT molecular complexity index is 807. The largest absolute Gasteiger partial charge is 0.353 e. The van der Waals surface area contributed by atoms with Gasteiger partial charge in [0.2, 0.25) is 5.91 Å². The summed E-state index contributed by atoms with van der Waals surface area (Å²) in [5, 5.41) is 12.2. The Morgan fingerprint density at radius 2 is 2.19 bits per heavy atom. The number of nitrogens with zero attached hydrogens (tertiary/aromatic N) is 3. The Balaban J connectivity index is 1.83. The number of thioether (sulfide) groups is 1. The molecule has 1 heterocycles. The van der Waals surface area contributed by atoms with Crippen LogP contribution in [0.1, 0.15) is 31.7 Å². The van der Waals surface area contributed by atoms with Crippen LogP contribution in [0.4, 0.5) is 4.39 Å². The highest BCUT2D eigenvalue weighted by Gasteiger charge is 2.12. The lowest BCUT2D eigenvalue weighted by Crippen LogP contribution is -2.23.